The number of hydrogen-bond donors (Lipinski definition) is 0. The van der Waals surface area contributed by atoms with Crippen molar-refractivity contribution in [3.05, 3.63) is 82.4 Å². The van der Waals surface area contributed by atoms with Gasteiger partial charge in [0.25, 0.3) is 0 Å². The predicted molar refractivity (Wildman–Crippen MR) is 159 cm³/mol. The van der Waals surface area contributed by atoms with E-state index >= 15 is 0 Å². The summed E-state index contributed by atoms with van der Waals surface area (Å²) in [4.78, 5) is 0. The van der Waals surface area contributed by atoms with E-state index in [1.165, 1.54) is 54.6 Å². The summed E-state index contributed by atoms with van der Waals surface area (Å²) in [7, 11) is 0. The maximum atomic E-state index is 4.48. The first-order valence-electron chi connectivity index (χ1n) is 13.6. The largest absolute Gasteiger partial charge is 0.156 e. The molecule has 6 aromatic rings. The summed E-state index contributed by atoms with van der Waals surface area (Å²) < 4.78 is 0. The molecule has 0 atom stereocenters. The fourth-order valence-electron chi connectivity index (χ4n) is 6.10. The number of hydrogen-bond acceptors (Lipinski definition) is 4. The number of aromatic nitrogens is 4. The van der Waals surface area contributed by atoms with Crippen LogP contribution in [0.1, 0.15) is 73.4 Å². The highest BCUT2D eigenvalue weighted by atomic mass is 15.1. The summed E-state index contributed by atoms with van der Waals surface area (Å²) in [6, 6.07) is 18.5. The molecule has 0 fully saturated rings. The van der Waals surface area contributed by atoms with Crippen molar-refractivity contribution < 1.29 is 0 Å². The zero-order valence-corrected chi connectivity index (χ0v) is 23.6. The molecule has 190 valence electrons. The lowest BCUT2D eigenvalue weighted by Gasteiger charge is -2.23. The third kappa shape index (κ3) is 3.65. The highest BCUT2D eigenvalue weighted by molar-refractivity contribution is 6.29. The second-order valence-electron chi connectivity index (χ2n) is 11.4. The van der Waals surface area contributed by atoms with E-state index in [4.69, 9.17) is 0 Å². The lowest BCUT2D eigenvalue weighted by molar-refractivity contribution is 0.876. The quantitative estimate of drug-likeness (QED) is 0.228. The molecule has 4 aromatic carbocycles. The lowest BCUT2D eigenvalue weighted by atomic mass is 9.80. The van der Waals surface area contributed by atoms with Crippen LogP contribution in [0, 0.1) is 27.7 Å². The number of benzene rings is 4. The number of nitrogens with zero attached hydrogens (tertiary/aromatic N) is 4. The van der Waals surface area contributed by atoms with Gasteiger partial charge in [0.2, 0.25) is 0 Å². The van der Waals surface area contributed by atoms with Gasteiger partial charge in [-0.3, -0.25) is 0 Å². The number of rotatable bonds is 4. The molecule has 6 rings (SSSR count). The lowest BCUT2D eigenvalue weighted by Crippen LogP contribution is -2.01. The van der Waals surface area contributed by atoms with Crippen LogP contribution in [0.3, 0.4) is 0 Å². The Kier molecular flexibility index (Phi) is 5.68. The van der Waals surface area contributed by atoms with Gasteiger partial charge in [0.1, 0.15) is 0 Å². The molecule has 0 N–H and O–H groups in total. The molecule has 0 unspecified atom stereocenters. The topological polar surface area (TPSA) is 51.6 Å². The second kappa shape index (κ2) is 8.83. The second-order valence-corrected chi connectivity index (χ2v) is 11.4. The van der Waals surface area contributed by atoms with E-state index in [2.05, 4.69) is 110 Å². The van der Waals surface area contributed by atoms with E-state index in [0.29, 0.717) is 11.8 Å². The maximum Gasteiger partial charge on any atom is 0.0678 e. The Morgan fingerprint density at radius 2 is 0.842 bits per heavy atom. The molecule has 4 heteroatoms. The van der Waals surface area contributed by atoms with Crippen molar-refractivity contribution in [1.29, 1.82) is 0 Å². The number of aryl methyl sites for hydroxylation is 4. The van der Waals surface area contributed by atoms with Gasteiger partial charge >= 0.3 is 0 Å². The SMILES string of the molecule is Cc1cc(-c2ccc3c(C(C)C)cc4c(-c5cc(C)nnc5C)ccc5c(C(C)C)cc2c3c45)c(C)nn1. The predicted octanol–water partition coefficient (Wildman–Crippen LogP) is 8.98. The summed E-state index contributed by atoms with van der Waals surface area (Å²) in [5.74, 6) is 0.769. The normalized spacial score (nSPS) is 12.2. The molecule has 38 heavy (non-hydrogen) atoms. The minimum absolute atomic E-state index is 0.384. The first kappa shape index (κ1) is 24.4. The molecule has 0 saturated carbocycles. The van der Waals surface area contributed by atoms with Crippen molar-refractivity contribution >= 4 is 32.3 Å². The van der Waals surface area contributed by atoms with Gasteiger partial charge in [0.05, 0.1) is 22.8 Å². The average Bonchev–Trinajstić information content (AvgIpc) is 2.89. The van der Waals surface area contributed by atoms with Crippen molar-refractivity contribution in [2.45, 2.75) is 67.2 Å². The van der Waals surface area contributed by atoms with E-state index in [1.807, 2.05) is 13.8 Å². The van der Waals surface area contributed by atoms with Gasteiger partial charge in [-0.05, 0) is 118 Å². The molecular formula is C34H34N4. The van der Waals surface area contributed by atoms with E-state index in [0.717, 1.165) is 33.9 Å². The van der Waals surface area contributed by atoms with Crippen LogP contribution in [-0.2, 0) is 0 Å². The van der Waals surface area contributed by atoms with E-state index in [-0.39, 0.29) is 0 Å². The third-order valence-corrected chi connectivity index (χ3v) is 7.99. The summed E-state index contributed by atoms with van der Waals surface area (Å²) in [6.07, 6.45) is 0. The van der Waals surface area contributed by atoms with Gasteiger partial charge in [0, 0.05) is 11.1 Å². The van der Waals surface area contributed by atoms with E-state index < -0.39 is 0 Å². The highest BCUT2D eigenvalue weighted by Gasteiger charge is 2.22. The average molecular weight is 499 g/mol. The molecular weight excluding hydrogens is 464 g/mol. The Morgan fingerprint density at radius 3 is 1.21 bits per heavy atom. The fourth-order valence-corrected chi connectivity index (χ4v) is 6.10. The van der Waals surface area contributed by atoms with Crippen LogP contribution >= 0.6 is 0 Å². The molecule has 0 radical (unpaired) electrons. The Labute approximate surface area is 224 Å². The van der Waals surface area contributed by atoms with Crippen LogP contribution in [0.4, 0.5) is 0 Å². The van der Waals surface area contributed by atoms with Gasteiger partial charge in [-0.15, -0.1) is 0 Å². The molecule has 0 bridgehead atoms. The maximum absolute atomic E-state index is 4.48. The molecule has 2 aromatic heterocycles. The van der Waals surface area contributed by atoms with Crippen molar-refractivity contribution in [2.24, 2.45) is 0 Å². The summed E-state index contributed by atoms with van der Waals surface area (Å²) >= 11 is 0. The minimum Gasteiger partial charge on any atom is -0.156 e. The van der Waals surface area contributed by atoms with Gasteiger partial charge in [-0.25, -0.2) is 0 Å². The monoisotopic (exact) mass is 498 g/mol. The first-order valence-corrected chi connectivity index (χ1v) is 13.6. The summed E-state index contributed by atoms with van der Waals surface area (Å²) in [6.45, 7) is 17.3. The molecule has 2 heterocycles. The van der Waals surface area contributed by atoms with Gasteiger partial charge in [0.15, 0.2) is 0 Å². The minimum atomic E-state index is 0.384. The van der Waals surface area contributed by atoms with Crippen molar-refractivity contribution in [2.75, 3.05) is 0 Å². The standard InChI is InChI=1S/C34H34N4/c1-17(2)27-15-31-23(29-13-19(5)35-37-21(29)7)10-12-26-28(18(3)4)16-32-24(9-11-25(27)33(32)34(26)31)30-14-20(6)36-38-22(30)8/h9-18H,1-8H3. The zero-order chi connectivity index (χ0) is 26.9. The van der Waals surface area contributed by atoms with Crippen molar-refractivity contribution in [3.63, 3.8) is 0 Å². The van der Waals surface area contributed by atoms with Crippen LogP contribution in [0.5, 0.6) is 0 Å². The van der Waals surface area contributed by atoms with Crippen molar-refractivity contribution in [3.8, 4) is 22.3 Å². The molecule has 0 aliphatic heterocycles. The molecule has 0 aliphatic rings. The smallest absolute Gasteiger partial charge is 0.0678 e. The van der Waals surface area contributed by atoms with Gasteiger partial charge < -0.3 is 0 Å². The summed E-state index contributed by atoms with van der Waals surface area (Å²) in [5, 5.41) is 25.5. The van der Waals surface area contributed by atoms with Crippen LogP contribution in [0.15, 0.2) is 48.5 Å². The molecule has 4 nitrogen and oxygen atoms in total. The van der Waals surface area contributed by atoms with Crippen LogP contribution in [0.2, 0.25) is 0 Å². The first-order chi connectivity index (χ1) is 18.2. The fraction of sp³-hybridized carbons (Fsp3) is 0.294. The summed E-state index contributed by atoms with van der Waals surface area (Å²) in [5.41, 5.74) is 11.3. The Morgan fingerprint density at radius 1 is 0.447 bits per heavy atom. The van der Waals surface area contributed by atoms with Crippen molar-refractivity contribution in [1.82, 2.24) is 20.4 Å². The Balaban J connectivity index is 1.87. The van der Waals surface area contributed by atoms with Crippen LogP contribution < -0.4 is 0 Å². The van der Waals surface area contributed by atoms with Gasteiger partial charge in [-0.1, -0.05) is 52.0 Å². The highest BCUT2D eigenvalue weighted by Crippen LogP contribution is 2.47. The molecule has 0 amide bonds. The zero-order valence-electron chi connectivity index (χ0n) is 23.6. The van der Waals surface area contributed by atoms with Crippen LogP contribution in [0.25, 0.3) is 54.6 Å². The van der Waals surface area contributed by atoms with E-state index in [9.17, 15) is 0 Å². The molecule has 0 aliphatic carbocycles. The Bertz CT molecular complexity index is 1730. The van der Waals surface area contributed by atoms with Gasteiger partial charge in [-0.2, -0.15) is 20.4 Å². The van der Waals surface area contributed by atoms with E-state index in [1.54, 1.807) is 0 Å². The third-order valence-electron chi connectivity index (χ3n) is 7.99. The molecule has 0 spiro atoms. The Hall–Kier alpha value is -3.92. The molecule has 0 saturated heterocycles. The van der Waals surface area contributed by atoms with Crippen LogP contribution in [-0.4, -0.2) is 20.4 Å².